The van der Waals surface area contributed by atoms with Gasteiger partial charge in [0.15, 0.2) is 17.5 Å². The molecule has 0 bridgehead atoms. The van der Waals surface area contributed by atoms with Crippen LogP contribution >= 0.6 is 0 Å². The van der Waals surface area contributed by atoms with Crippen LogP contribution in [0.3, 0.4) is 0 Å². The van der Waals surface area contributed by atoms with Gasteiger partial charge in [-0.15, -0.1) is 0 Å². The van der Waals surface area contributed by atoms with Crippen molar-refractivity contribution in [3.05, 3.63) is 53.7 Å². The molecule has 1 aromatic heterocycles. The fraction of sp³-hybridized carbons (Fsp3) is 0.0833. The highest BCUT2D eigenvalue weighted by atomic mass is 19.2. The van der Waals surface area contributed by atoms with E-state index in [-0.39, 0.29) is 5.69 Å². The zero-order chi connectivity index (χ0) is 13.3. The Labute approximate surface area is 100 Å². The molecule has 0 unspecified atom stereocenters. The first-order chi connectivity index (χ1) is 8.50. The molecule has 1 aromatic carbocycles. The first-order valence-corrected chi connectivity index (χ1v) is 5.00. The summed E-state index contributed by atoms with van der Waals surface area (Å²) in [6.45, 7) is 0. The van der Waals surface area contributed by atoms with E-state index in [1.54, 1.807) is 0 Å². The van der Waals surface area contributed by atoms with Crippen molar-refractivity contribution in [1.82, 2.24) is 4.98 Å². The molecular weight excluding hydrogens is 248 g/mol. The van der Waals surface area contributed by atoms with E-state index in [9.17, 15) is 17.6 Å². The zero-order valence-corrected chi connectivity index (χ0v) is 9.29. The van der Waals surface area contributed by atoms with Gasteiger partial charge in [0.2, 0.25) is 0 Å². The van der Waals surface area contributed by atoms with Crippen molar-refractivity contribution in [2.24, 2.45) is 0 Å². The monoisotopic (exact) mass is 256 g/mol. The summed E-state index contributed by atoms with van der Waals surface area (Å²) in [5.41, 5.74) is 0.00917. The number of benzene rings is 1. The van der Waals surface area contributed by atoms with Crippen LogP contribution in [0.4, 0.5) is 29.1 Å². The zero-order valence-electron chi connectivity index (χ0n) is 9.29. The molecular formula is C12H8F4N2. The van der Waals surface area contributed by atoms with E-state index in [4.69, 9.17) is 0 Å². The van der Waals surface area contributed by atoms with E-state index in [1.165, 1.54) is 31.3 Å². The molecule has 0 aliphatic heterocycles. The van der Waals surface area contributed by atoms with E-state index < -0.39 is 29.2 Å². The average Bonchev–Trinajstić information content (AvgIpc) is 2.33. The van der Waals surface area contributed by atoms with Crippen LogP contribution in [0.25, 0.3) is 0 Å². The van der Waals surface area contributed by atoms with Crippen molar-refractivity contribution in [2.45, 2.75) is 0 Å². The Morgan fingerprint density at radius 2 is 1.61 bits per heavy atom. The molecule has 2 nitrogen and oxygen atoms in total. The number of hydrogen-bond acceptors (Lipinski definition) is 2. The smallest absolute Gasteiger partial charge is 0.251 e. The first kappa shape index (κ1) is 12.3. The van der Waals surface area contributed by atoms with Crippen LogP contribution in [-0.2, 0) is 0 Å². The first-order valence-electron chi connectivity index (χ1n) is 5.00. The maximum Gasteiger partial charge on any atom is 0.251 e. The van der Waals surface area contributed by atoms with Gasteiger partial charge < -0.3 is 4.90 Å². The minimum Gasteiger partial charge on any atom is -0.324 e. The summed E-state index contributed by atoms with van der Waals surface area (Å²) >= 11 is 0. The van der Waals surface area contributed by atoms with Crippen LogP contribution in [0, 0.1) is 23.4 Å². The summed E-state index contributed by atoms with van der Waals surface area (Å²) in [6, 6.07) is 5.91. The van der Waals surface area contributed by atoms with Crippen molar-refractivity contribution in [3.8, 4) is 0 Å². The van der Waals surface area contributed by atoms with Crippen molar-refractivity contribution < 1.29 is 17.6 Å². The third kappa shape index (κ3) is 2.13. The number of aromatic nitrogens is 1. The molecule has 0 saturated heterocycles. The lowest BCUT2D eigenvalue weighted by Gasteiger charge is -2.19. The second-order valence-corrected chi connectivity index (χ2v) is 3.58. The summed E-state index contributed by atoms with van der Waals surface area (Å²) in [6.07, 6.45) is 0. The molecule has 0 radical (unpaired) electrons. The lowest BCUT2D eigenvalue weighted by molar-refractivity contribution is 0.465. The molecule has 0 saturated carbocycles. The lowest BCUT2D eigenvalue weighted by atomic mass is 10.2. The highest BCUT2D eigenvalue weighted by molar-refractivity contribution is 5.60. The lowest BCUT2D eigenvalue weighted by Crippen LogP contribution is -2.15. The summed E-state index contributed by atoms with van der Waals surface area (Å²) in [5.74, 6) is -5.00. The van der Waals surface area contributed by atoms with Gasteiger partial charge in [-0.05, 0) is 12.1 Å². The largest absolute Gasteiger partial charge is 0.324 e. The molecule has 2 aromatic rings. The molecule has 0 N–H and O–H groups in total. The summed E-state index contributed by atoms with van der Waals surface area (Å²) in [4.78, 5) is 4.14. The number of anilines is 2. The molecule has 18 heavy (non-hydrogen) atoms. The predicted octanol–water partition coefficient (Wildman–Crippen LogP) is 3.41. The van der Waals surface area contributed by atoms with E-state index in [0.29, 0.717) is 6.07 Å². The standard InChI is InChI=1S/C12H8F4N2/c1-18(10-5-3-2-4-7(10)13)12-9(15)6-8(14)11(16)17-12/h2-6H,1H3. The Balaban J connectivity index is 2.50. The van der Waals surface area contributed by atoms with Crippen LogP contribution in [0.1, 0.15) is 0 Å². The van der Waals surface area contributed by atoms with Gasteiger partial charge >= 0.3 is 0 Å². The highest BCUT2D eigenvalue weighted by Crippen LogP contribution is 2.27. The number of pyridine rings is 1. The number of para-hydroxylation sites is 1. The molecule has 0 fully saturated rings. The fourth-order valence-corrected chi connectivity index (χ4v) is 1.51. The van der Waals surface area contributed by atoms with Crippen LogP contribution in [-0.4, -0.2) is 12.0 Å². The average molecular weight is 256 g/mol. The summed E-state index contributed by atoms with van der Waals surface area (Å²) in [5, 5.41) is 0. The number of hydrogen-bond donors (Lipinski definition) is 0. The maximum atomic E-state index is 13.5. The Bertz CT molecular complexity index is 586. The van der Waals surface area contributed by atoms with Gasteiger partial charge in [-0.2, -0.15) is 9.37 Å². The van der Waals surface area contributed by atoms with Crippen LogP contribution in [0.5, 0.6) is 0 Å². The fourth-order valence-electron chi connectivity index (χ4n) is 1.51. The number of halogens is 4. The molecule has 2 rings (SSSR count). The third-order valence-electron chi connectivity index (χ3n) is 2.40. The summed E-state index contributed by atoms with van der Waals surface area (Å²) < 4.78 is 52.6. The molecule has 0 atom stereocenters. The van der Waals surface area contributed by atoms with Gasteiger partial charge in [0, 0.05) is 13.1 Å². The second-order valence-electron chi connectivity index (χ2n) is 3.58. The topological polar surface area (TPSA) is 16.1 Å². The van der Waals surface area contributed by atoms with Crippen molar-refractivity contribution >= 4 is 11.5 Å². The van der Waals surface area contributed by atoms with Crippen LogP contribution in [0.15, 0.2) is 30.3 Å². The number of nitrogens with zero attached hydrogens (tertiary/aromatic N) is 2. The van der Waals surface area contributed by atoms with Crippen molar-refractivity contribution in [2.75, 3.05) is 11.9 Å². The van der Waals surface area contributed by atoms with Crippen molar-refractivity contribution in [1.29, 1.82) is 0 Å². The minimum absolute atomic E-state index is 0.00917. The Hall–Kier alpha value is -2.11. The van der Waals surface area contributed by atoms with Gasteiger partial charge in [0.25, 0.3) is 5.95 Å². The predicted molar refractivity (Wildman–Crippen MR) is 58.6 cm³/mol. The molecule has 0 aliphatic carbocycles. The minimum atomic E-state index is -1.44. The molecule has 0 spiro atoms. The van der Waals surface area contributed by atoms with Gasteiger partial charge in [-0.3, -0.25) is 0 Å². The second kappa shape index (κ2) is 4.64. The maximum absolute atomic E-state index is 13.5. The normalized spacial score (nSPS) is 10.5. The van der Waals surface area contributed by atoms with E-state index in [2.05, 4.69) is 4.98 Å². The molecule has 0 aliphatic rings. The van der Waals surface area contributed by atoms with Crippen LogP contribution < -0.4 is 4.90 Å². The quantitative estimate of drug-likeness (QED) is 0.604. The molecule has 94 valence electrons. The van der Waals surface area contributed by atoms with E-state index >= 15 is 0 Å². The van der Waals surface area contributed by atoms with Gasteiger partial charge in [-0.1, -0.05) is 12.1 Å². The highest BCUT2D eigenvalue weighted by Gasteiger charge is 2.18. The Kier molecular flexibility index (Phi) is 3.18. The van der Waals surface area contributed by atoms with Gasteiger partial charge in [-0.25, -0.2) is 13.2 Å². The molecule has 0 amide bonds. The van der Waals surface area contributed by atoms with Crippen LogP contribution in [0.2, 0.25) is 0 Å². The molecule has 1 heterocycles. The SMILES string of the molecule is CN(c1ccccc1F)c1nc(F)c(F)cc1F. The van der Waals surface area contributed by atoms with Gasteiger partial charge in [0.05, 0.1) is 5.69 Å². The number of rotatable bonds is 2. The Morgan fingerprint density at radius 3 is 2.28 bits per heavy atom. The third-order valence-corrected chi connectivity index (χ3v) is 2.40. The van der Waals surface area contributed by atoms with E-state index in [0.717, 1.165) is 4.90 Å². The molecule has 6 heteroatoms. The van der Waals surface area contributed by atoms with E-state index in [1.807, 2.05) is 0 Å². The van der Waals surface area contributed by atoms with Gasteiger partial charge in [0.1, 0.15) is 5.82 Å². The Morgan fingerprint density at radius 1 is 0.944 bits per heavy atom. The summed E-state index contributed by atoms with van der Waals surface area (Å²) in [7, 11) is 1.31. The van der Waals surface area contributed by atoms with Crippen molar-refractivity contribution in [3.63, 3.8) is 0 Å².